The van der Waals surface area contributed by atoms with Gasteiger partial charge in [0.05, 0.1) is 15.9 Å². The maximum absolute atomic E-state index is 12.4. The molecule has 2 aromatic carbocycles. The number of hydrogen-bond acceptors (Lipinski definition) is 6. The Hall–Kier alpha value is -3.59. The van der Waals surface area contributed by atoms with E-state index in [9.17, 15) is 19.2 Å². The maximum atomic E-state index is 12.4. The summed E-state index contributed by atoms with van der Waals surface area (Å²) in [6.45, 7) is 1.95. The molecule has 1 fully saturated rings. The van der Waals surface area contributed by atoms with Gasteiger partial charge < -0.3 is 14.0 Å². The minimum atomic E-state index is -0.588. The van der Waals surface area contributed by atoms with E-state index in [1.165, 1.54) is 9.13 Å². The van der Waals surface area contributed by atoms with E-state index in [0.717, 1.165) is 39.7 Å². The molecule has 0 spiro atoms. The number of aryl methyl sites for hydroxylation is 3. The van der Waals surface area contributed by atoms with Crippen LogP contribution in [0.5, 0.6) is 0 Å². The second kappa shape index (κ2) is 7.83. The van der Waals surface area contributed by atoms with Crippen molar-refractivity contribution in [3.8, 4) is 11.1 Å². The molecule has 1 N–H and O–H groups in total. The van der Waals surface area contributed by atoms with Crippen LogP contribution in [0, 0.1) is 6.92 Å². The molecule has 32 heavy (non-hydrogen) atoms. The molecule has 164 valence electrons. The van der Waals surface area contributed by atoms with Crippen LogP contribution >= 0.6 is 11.8 Å². The topological polar surface area (TPSA) is 93.4 Å². The Morgan fingerprint density at radius 1 is 0.906 bits per heavy atom. The molecule has 2 amide bonds. The van der Waals surface area contributed by atoms with Gasteiger partial charge in [-0.15, -0.1) is 0 Å². The van der Waals surface area contributed by atoms with Crippen molar-refractivity contribution in [3.05, 3.63) is 67.1 Å². The van der Waals surface area contributed by atoms with Crippen LogP contribution in [0.2, 0.25) is 0 Å². The summed E-state index contributed by atoms with van der Waals surface area (Å²) in [7, 11) is 7.05. The van der Waals surface area contributed by atoms with Crippen LogP contribution in [0.1, 0.15) is 11.1 Å². The van der Waals surface area contributed by atoms with Gasteiger partial charge >= 0.3 is 11.1 Å². The molecule has 0 bridgehead atoms. The van der Waals surface area contributed by atoms with Gasteiger partial charge in [0.1, 0.15) is 0 Å². The van der Waals surface area contributed by atoms with E-state index in [2.05, 4.69) is 5.32 Å². The van der Waals surface area contributed by atoms with Crippen LogP contribution in [-0.2, 0) is 18.9 Å². The predicted octanol–water partition coefficient (Wildman–Crippen LogP) is 2.60. The van der Waals surface area contributed by atoms with E-state index >= 15 is 0 Å². The first-order valence-corrected chi connectivity index (χ1v) is 10.7. The standard InChI is InChI=1S/C23H22N4O4S/c1-12-8-17-18(27(5)22(30)21(29)26(17)4)11-14(12)15-9-13(6-7-16(15)25(2)3)10-19-20(28)24-23(31)32-19/h6-11H,1-5H3,(H,24,28,31). The van der Waals surface area contributed by atoms with Crippen molar-refractivity contribution < 1.29 is 9.59 Å². The zero-order valence-electron chi connectivity index (χ0n) is 18.3. The molecule has 1 aliphatic heterocycles. The van der Waals surface area contributed by atoms with Crippen molar-refractivity contribution in [2.45, 2.75) is 6.92 Å². The summed E-state index contributed by atoms with van der Waals surface area (Å²) < 4.78 is 2.74. The van der Waals surface area contributed by atoms with Gasteiger partial charge in [-0.2, -0.15) is 0 Å². The third kappa shape index (κ3) is 3.54. The van der Waals surface area contributed by atoms with Gasteiger partial charge in [-0.25, -0.2) is 0 Å². The first kappa shape index (κ1) is 21.6. The number of anilines is 1. The SMILES string of the molecule is Cc1cc2c(cc1-c1cc(C=C3SC(=O)NC3=O)ccc1N(C)C)n(C)c(=O)c(=O)n2C. The molecule has 1 aliphatic rings. The van der Waals surface area contributed by atoms with Crippen molar-refractivity contribution >= 4 is 45.7 Å². The van der Waals surface area contributed by atoms with E-state index < -0.39 is 17.0 Å². The monoisotopic (exact) mass is 450 g/mol. The van der Waals surface area contributed by atoms with Gasteiger partial charge in [0.2, 0.25) is 0 Å². The summed E-state index contributed by atoms with van der Waals surface area (Å²) in [4.78, 5) is 50.4. The number of carbonyl (C=O) groups is 2. The first-order valence-electron chi connectivity index (χ1n) is 9.85. The molecule has 4 rings (SSSR count). The molecule has 3 aromatic rings. The summed E-state index contributed by atoms with van der Waals surface area (Å²) in [6, 6.07) is 9.59. The van der Waals surface area contributed by atoms with Gasteiger partial charge in [-0.1, -0.05) is 6.07 Å². The normalized spacial score (nSPS) is 15.0. The minimum Gasteiger partial charge on any atom is -0.377 e. The van der Waals surface area contributed by atoms with E-state index in [1.54, 1.807) is 20.2 Å². The average molecular weight is 451 g/mol. The van der Waals surface area contributed by atoms with E-state index in [4.69, 9.17) is 0 Å². The smallest absolute Gasteiger partial charge is 0.316 e. The van der Waals surface area contributed by atoms with Crippen molar-refractivity contribution in [3.63, 3.8) is 0 Å². The lowest BCUT2D eigenvalue weighted by Crippen LogP contribution is -2.39. The zero-order chi connectivity index (χ0) is 23.3. The van der Waals surface area contributed by atoms with Crippen LogP contribution in [0.3, 0.4) is 0 Å². The van der Waals surface area contributed by atoms with Crippen molar-refractivity contribution in [2.75, 3.05) is 19.0 Å². The summed E-state index contributed by atoms with van der Waals surface area (Å²) in [5.74, 6) is -0.406. The molecule has 1 aromatic heterocycles. The van der Waals surface area contributed by atoms with E-state index in [-0.39, 0.29) is 5.24 Å². The maximum Gasteiger partial charge on any atom is 0.316 e. The van der Waals surface area contributed by atoms with Gasteiger partial charge in [0, 0.05) is 39.4 Å². The number of hydrogen-bond donors (Lipinski definition) is 1. The fraction of sp³-hybridized carbons (Fsp3) is 0.217. The van der Waals surface area contributed by atoms with Crippen LogP contribution in [-0.4, -0.2) is 34.4 Å². The lowest BCUT2D eigenvalue weighted by atomic mass is 9.95. The molecule has 0 radical (unpaired) electrons. The average Bonchev–Trinajstić information content (AvgIpc) is 3.06. The summed E-state index contributed by atoms with van der Waals surface area (Å²) in [5.41, 5.74) is 4.60. The Bertz CT molecular complexity index is 1460. The fourth-order valence-electron chi connectivity index (χ4n) is 3.84. The summed E-state index contributed by atoms with van der Waals surface area (Å²) in [6.07, 6.45) is 1.68. The Kier molecular flexibility index (Phi) is 5.29. The van der Waals surface area contributed by atoms with Gasteiger partial charge in [0.15, 0.2) is 0 Å². The molecule has 0 aliphatic carbocycles. The Labute approximate surface area is 188 Å². The van der Waals surface area contributed by atoms with Crippen LogP contribution in [0.25, 0.3) is 28.2 Å². The van der Waals surface area contributed by atoms with Crippen LogP contribution in [0.4, 0.5) is 10.5 Å². The second-order valence-electron chi connectivity index (χ2n) is 7.91. The first-order chi connectivity index (χ1) is 15.1. The van der Waals surface area contributed by atoms with Crippen LogP contribution < -0.4 is 21.3 Å². The summed E-state index contributed by atoms with van der Waals surface area (Å²) in [5, 5.41) is 1.88. The number of fused-ring (bicyclic) bond motifs is 1. The predicted molar refractivity (Wildman–Crippen MR) is 128 cm³/mol. The molecular weight excluding hydrogens is 428 g/mol. The molecule has 0 atom stereocenters. The third-order valence-corrected chi connectivity index (χ3v) is 6.38. The number of imide groups is 1. The lowest BCUT2D eigenvalue weighted by molar-refractivity contribution is -0.115. The quantitative estimate of drug-likeness (QED) is 0.487. The van der Waals surface area contributed by atoms with Gasteiger partial charge in [-0.3, -0.25) is 24.5 Å². The minimum absolute atomic E-state index is 0.339. The number of benzene rings is 2. The molecule has 8 nitrogen and oxygen atoms in total. The molecular formula is C23H22N4O4S. The van der Waals surface area contributed by atoms with Crippen molar-refractivity contribution in [1.82, 2.24) is 14.5 Å². The van der Waals surface area contributed by atoms with Crippen molar-refractivity contribution in [1.29, 1.82) is 0 Å². The third-order valence-electron chi connectivity index (χ3n) is 5.57. The molecule has 0 unspecified atom stereocenters. The van der Waals surface area contributed by atoms with Gasteiger partial charge in [0.25, 0.3) is 11.1 Å². The lowest BCUT2D eigenvalue weighted by Gasteiger charge is -2.21. The molecule has 2 heterocycles. The number of thioether (sulfide) groups is 1. The number of carbonyl (C=O) groups excluding carboxylic acids is 2. The number of rotatable bonds is 3. The Morgan fingerprint density at radius 3 is 2.09 bits per heavy atom. The number of nitrogens with zero attached hydrogens (tertiary/aromatic N) is 3. The number of amides is 2. The molecule has 9 heteroatoms. The molecule has 1 saturated heterocycles. The number of aromatic nitrogens is 2. The molecule has 0 saturated carbocycles. The fourth-order valence-corrected chi connectivity index (χ4v) is 4.52. The van der Waals surface area contributed by atoms with Crippen molar-refractivity contribution in [2.24, 2.45) is 14.1 Å². The second-order valence-corrected chi connectivity index (χ2v) is 8.92. The van der Waals surface area contributed by atoms with E-state index in [1.807, 2.05) is 56.3 Å². The van der Waals surface area contributed by atoms with E-state index in [0.29, 0.717) is 15.9 Å². The number of nitrogens with one attached hydrogen (secondary N) is 1. The largest absolute Gasteiger partial charge is 0.377 e. The van der Waals surface area contributed by atoms with Crippen LogP contribution in [0.15, 0.2) is 44.8 Å². The highest BCUT2D eigenvalue weighted by Crippen LogP contribution is 2.36. The summed E-state index contributed by atoms with van der Waals surface area (Å²) >= 11 is 0.873. The highest BCUT2D eigenvalue weighted by atomic mass is 32.2. The Balaban J connectivity index is 1.98. The Morgan fingerprint density at radius 2 is 1.53 bits per heavy atom. The highest BCUT2D eigenvalue weighted by Gasteiger charge is 2.25. The highest BCUT2D eigenvalue weighted by molar-refractivity contribution is 8.18. The van der Waals surface area contributed by atoms with Gasteiger partial charge in [-0.05, 0) is 65.7 Å². The zero-order valence-corrected chi connectivity index (χ0v) is 19.2.